The first-order valence-electron chi connectivity index (χ1n) is 5.73. The van der Waals surface area contributed by atoms with Gasteiger partial charge in [-0.25, -0.2) is 18.4 Å². The van der Waals surface area contributed by atoms with Gasteiger partial charge in [0, 0.05) is 12.2 Å². The zero-order valence-electron chi connectivity index (χ0n) is 10.3. The van der Waals surface area contributed by atoms with Crippen molar-refractivity contribution in [3.05, 3.63) is 29.3 Å². The molecule has 0 spiro atoms. The molecule has 0 saturated heterocycles. The maximum atomic E-state index is 13.3. The van der Waals surface area contributed by atoms with Crippen LogP contribution < -0.4 is 10.6 Å². The van der Waals surface area contributed by atoms with E-state index in [2.05, 4.69) is 10.6 Å². The summed E-state index contributed by atoms with van der Waals surface area (Å²) in [7, 11) is 0. The third-order valence-electron chi connectivity index (χ3n) is 2.33. The Morgan fingerprint density at radius 2 is 1.84 bits per heavy atom. The summed E-state index contributed by atoms with van der Waals surface area (Å²) in [5, 5.41) is 13.3. The molecule has 0 aliphatic rings. The molecule has 0 fully saturated rings. The molecule has 104 valence electrons. The molecule has 0 aliphatic carbocycles. The molecular weight excluding hydrogens is 258 g/mol. The molecule has 1 aromatic carbocycles. The predicted octanol–water partition coefficient (Wildman–Crippen LogP) is 2.58. The third kappa shape index (κ3) is 4.20. The van der Waals surface area contributed by atoms with Crippen molar-refractivity contribution in [1.29, 1.82) is 0 Å². The van der Waals surface area contributed by atoms with Crippen LogP contribution in [0.4, 0.5) is 19.3 Å². The van der Waals surface area contributed by atoms with Crippen LogP contribution >= 0.6 is 0 Å². The van der Waals surface area contributed by atoms with Crippen LogP contribution in [-0.2, 0) is 0 Å². The van der Waals surface area contributed by atoms with Gasteiger partial charge < -0.3 is 15.7 Å². The fourth-order valence-corrected chi connectivity index (χ4v) is 1.40. The molecule has 1 rings (SSSR count). The van der Waals surface area contributed by atoms with Gasteiger partial charge in [-0.05, 0) is 18.6 Å². The van der Waals surface area contributed by atoms with E-state index < -0.39 is 29.2 Å². The Hall–Kier alpha value is -2.18. The lowest BCUT2D eigenvalue weighted by Crippen LogP contribution is -2.29. The van der Waals surface area contributed by atoms with Crippen molar-refractivity contribution >= 4 is 17.7 Å². The second kappa shape index (κ2) is 6.67. The molecular formula is C12H14F2N2O3. The van der Waals surface area contributed by atoms with Gasteiger partial charge in [-0.3, -0.25) is 0 Å². The second-order valence-corrected chi connectivity index (χ2v) is 3.85. The largest absolute Gasteiger partial charge is 0.477 e. The zero-order valence-corrected chi connectivity index (χ0v) is 10.3. The Morgan fingerprint density at radius 3 is 2.32 bits per heavy atom. The van der Waals surface area contributed by atoms with E-state index in [1.54, 1.807) is 0 Å². The smallest absolute Gasteiger partial charge is 0.341 e. The number of carbonyl (C=O) groups excluding carboxylic acids is 1. The number of amides is 2. The van der Waals surface area contributed by atoms with E-state index in [9.17, 15) is 18.4 Å². The lowest BCUT2D eigenvalue weighted by molar-refractivity contribution is 0.0686. The quantitative estimate of drug-likeness (QED) is 0.721. The van der Waals surface area contributed by atoms with Crippen LogP contribution in [0.5, 0.6) is 0 Å². The molecule has 0 saturated carbocycles. The SMILES string of the molecule is CCCCNC(=O)Nc1cc(F)c(C(=O)O)c(F)c1. The van der Waals surface area contributed by atoms with Crippen molar-refractivity contribution in [2.45, 2.75) is 19.8 Å². The molecule has 0 aromatic heterocycles. The third-order valence-corrected chi connectivity index (χ3v) is 2.33. The molecule has 1 aromatic rings. The normalized spacial score (nSPS) is 10.1. The monoisotopic (exact) mass is 272 g/mol. The number of anilines is 1. The highest BCUT2D eigenvalue weighted by molar-refractivity contribution is 5.92. The summed E-state index contributed by atoms with van der Waals surface area (Å²) < 4.78 is 26.7. The van der Waals surface area contributed by atoms with E-state index in [-0.39, 0.29) is 5.69 Å². The Balaban J connectivity index is 2.75. The number of hydrogen-bond acceptors (Lipinski definition) is 2. The number of rotatable bonds is 5. The number of unbranched alkanes of at least 4 members (excludes halogenated alkanes) is 1. The number of hydrogen-bond donors (Lipinski definition) is 3. The molecule has 0 radical (unpaired) electrons. The Kier molecular flexibility index (Phi) is 5.23. The first kappa shape index (κ1) is 14.9. The minimum absolute atomic E-state index is 0.144. The van der Waals surface area contributed by atoms with Crippen molar-refractivity contribution in [3.63, 3.8) is 0 Å². The first-order valence-corrected chi connectivity index (χ1v) is 5.73. The molecule has 0 unspecified atom stereocenters. The molecule has 0 atom stereocenters. The van der Waals surface area contributed by atoms with Crippen LogP contribution in [0.2, 0.25) is 0 Å². The van der Waals surface area contributed by atoms with Crippen LogP contribution in [0.15, 0.2) is 12.1 Å². The Labute approximate surface area is 108 Å². The Bertz CT molecular complexity index is 469. The second-order valence-electron chi connectivity index (χ2n) is 3.85. The fourth-order valence-electron chi connectivity index (χ4n) is 1.40. The van der Waals surface area contributed by atoms with Crippen LogP contribution in [0, 0.1) is 11.6 Å². The number of benzene rings is 1. The summed E-state index contributed by atoms with van der Waals surface area (Å²) in [4.78, 5) is 21.9. The average molecular weight is 272 g/mol. The van der Waals surface area contributed by atoms with E-state index in [0.29, 0.717) is 6.54 Å². The lowest BCUT2D eigenvalue weighted by atomic mass is 10.2. The minimum Gasteiger partial charge on any atom is -0.477 e. The topological polar surface area (TPSA) is 78.4 Å². The lowest BCUT2D eigenvalue weighted by Gasteiger charge is -2.08. The van der Waals surface area contributed by atoms with Gasteiger partial charge in [0.1, 0.15) is 17.2 Å². The number of halogens is 2. The van der Waals surface area contributed by atoms with Gasteiger partial charge >= 0.3 is 12.0 Å². The van der Waals surface area contributed by atoms with E-state index in [1.807, 2.05) is 6.92 Å². The van der Waals surface area contributed by atoms with Crippen LogP contribution in [0.25, 0.3) is 0 Å². The summed E-state index contributed by atoms with van der Waals surface area (Å²) in [6.45, 7) is 2.40. The van der Waals surface area contributed by atoms with Crippen molar-refractivity contribution in [3.8, 4) is 0 Å². The van der Waals surface area contributed by atoms with Gasteiger partial charge in [-0.1, -0.05) is 13.3 Å². The molecule has 7 heteroatoms. The number of aromatic carboxylic acids is 1. The summed E-state index contributed by atoms with van der Waals surface area (Å²) >= 11 is 0. The van der Waals surface area contributed by atoms with Gasteiger partial charge in [0.2, 0.25) is 0 Å². The summed E-state index contributed by atoms with van der Waals surface area (Å²) in [5.41, 5.74) is -1.19. The van der Waals surface area contributed by atoms with Gasteiger partial charge in [-0.2, -0.15) is 0 Å². The van der Waals surface area contributed by atoms with E-state index in [4.69, 9.17) is 5.11 Å². The van der Waals surface area contributed by atoms with Gasteiger partial charge in [0.25, 0.3) is 0 Å². The summed E-state index contributed by atoms with van der Waals surface area (Å²) in [5.74, 6) is -4.18. The van der Waals surface area contributed by atoms with Gasteiger partial charge in [-0.15, -0.1) is 0 Å². The number of carboxylic acid groups (broad SMARTS) is 1. The fraction of sp³-hybridized carbons (Fsp3) is 0.333. The van der Waals surface area contributed by atoms with Crippen molar-refractivity contribution in [2.75, 3.05) is 11.9 Å². The Morgan fingerprint density at radius 1 is 1.26 bits per heavy atom. The number of carboxylic acids is 1. The van der Waals surface area contributed by atoms with Crippen LogP contribution in [0.1, 0.15) is 30.1 Å². The predicted molar refractivity (Wildman–Crippen MR) is 65.2 cm³/mol. The molecule has 19 heavy (non-hydrogen) atoms. The maximum absolute atomic E-state index is 13.3. The van der Waals surface area contributed by atoms with Crippen molar-refractivity contribution < 1.29 is 23.5 Å². The highest BCUT2D eigenvalue weighted by Crippen LogP contribution is 2.18. The van der Waals surface area contributed by atoms with Crippen LogP contribution in [-0.4, -0.2) is 23.7 Å². The van der Waals surface area contributed by atoms with Crippen molar-refractivity contribution in [1.82, 2.24) is 5.32 Å². The van der Waals surface area contributed by atoms with E-state index >= 15 is 0 Å². The van der Waals surface area contributed by atoms with E-state index in [0.717, 1.165) is 25.0 Å². The number of nitrogens with one attached hydrogen (secondary N) is 2. The maximum Gasteiger partial charge on any atom is 0.341 e. The standard InChI is InChI=1S/C12H14F2N2O3/c1-2-3-4-15-12(19)16-7-5-8(13)10(11(17)18)9(14)6-7/h5-6H,2-4H2,1H3,(H,17,18)(H2,15,16,19). The molecule has 0 bridgehead atoms. The van der Waals surface area contributed by atoms with Crippen molar-refractivity contribution in [2.24, 2.45) is 0 Å². The first-order chi connectivity index (χ1) is 8.95. The molecule has 2 amide bonds. The summed E-state index contributed by atoms with van der Waals surface area (Å²) in [6, 6.07) is 0.910. The minimum atomic E-state index is -1.70. The van der Waals surface area contributed by atoms with E-state index in [1.165, 1.54) is 0 Å². The van der Waals surface area contributed by atoms with Gasteiger partial charge in [0.15, 0.2) is 0 Å². The molecule has 0 aliphatic heterocycles. The average Bonchev–Trinajstić information content (AvgIpc) is 2.27. The molecule has 3 N–H and O–H groups in total. The molecule has 5 nitrogen and oxygen atoms in total. The van der Waals surface area contributed by atoms with Gasteiger partial charge in [0.05, 0.1) is 0 Å². The number of carbonyl (C=O) groups is 2. The zero-order chi connectivity index (χ0) is 14.4. The van der Waals surface area contributed by atoms with Crippen LogP contribution in [0.3, 0.4) is 0 Å². The number of urea groups is 1. The summed E-state index contributed by atoms with van der Waals surface area (Å²) in [6.07, 6.45) is 1.69. The highest BCUT2D eigenvalue weighted by atomic mass is 19.1. The highest BCUT2D eigenvalue weighted by Gasteiger charge is 2.18. The molecule has 0 heterocycles.